The highest BCUT2D eigenvalue weighted by molar-refractivity contribution is 7.89. The van der Waals surface area contributed by atoms with Crippen molar-refractivity contribution in [1.29, 1.82) is 0 Å². The number of esters is 1. The molecule has 0 saturated heterocycles. The number of thiophene rings is 1. The van der Waals surface area contributed by atoms with Gasteiger partial charge in [0.2, 0.25) is 10.0 Å². The van der Waals surface area contributed by atoms with Gasteiger partial charge in [-0.1, -0.05) is 0 Å². The van der Waals surface area contributed by atoms with Crippen LogP contribution in [0.1, 0.15) is 22.3 Å². The van der Waals surface area contributed by atoms with Gasteiger partial charge in [-0.2, -0.15) is 9.40 Å². The van der Waals surface area contributed by atoms with E-state index in [1.165, 1.54) is 24.5 Å². The van der Waals surface area contributed by atoms with Gasteiger partial charge < -0.3 is 4.74 Å². The van der Waals surface area contributed by atoms with Crippen LogP contribution >= 0.6 is 11.3 Å². The van der Waals surface area contributed by atoms with Crippen LogP contribution in [-0.2, 0) is 27.8 Å². The van der Waals surface area contributed by atoms with Crippen molar-refractivity contribution < 1.29 is 17.9 Å². The maximum atomic E-state index is 12.7. The van der Waals surface area contributed by atoms with E-state index in [-0.39, 0.29) is 16.3 Å². The summed E-state index contributed by atoms with van der Waals surface area (Å²) in [6.07, 6.45) is 1.63. The molecule has 0 aliphatic carbocycles. The van der Waals surface area contributed by atoms with Crippen LogP contribution in [0.4, 0.5) is 0 Å². The van der Waals surface area contributed by atoms with Gasteiger partial charge in [0, 0.05) is 19.8 Å². The van der Waals surface area contributed by atoms with Crippen LogP contribution in [0.15, 0.2) is 28.6 Å². The number of nitrogens with zero attached hydrogens (tertiary/aromatic N) is 3. The predicted octanol–water partition coefficient (Wildman–Crippen LogP) is 1.57. The summed E-state index contributed by atoms with van der Waals surface area (Å²) in [5.74, 6) is -0.652. The highest BCUT2D eigenvalue weighted by atomic mass is 32.2. The summed E-state index contributed by atoms with van der Waals surface area (Å²) >= 11 is 1.04. The van der Waals surface area contributed by atoms with Gasteiger partial charge in [-0.05, 0) is 24.4 Å². The molecule has 2 aromatic rings. The van der Waals surface area contributed by atoms with Crippen molar-refractivity contribution in [3.8, 4) is 0 Å². The number of hydrogen-bond donors (Lipinski definition) is 0. The number of hydrogen-bond acceptors (Lipinski definition) is 6. The van der Waals surface area contributed by atoms with Gasteiger partial charge in [-0.25, -0.2) is 13.2 Å². The largest absolute Gasteiger partial charge is 0.465 e. The van der Waals surface area contributed by atoms with Gasteiger partial charge in [0.15, 0.2) is 0 Å². The van der Waals surface area contributed by atoms with Crippen molar-refractivity contribution in [2.45, 2.75) is 24.9 Å². The first kappa shape index (κ1) is 16.7. The second kappa shape index (κ2) is 6.59. The average molecular weight is 343 g/mol. The van der Waals surface area contributed by atoms with Gasteiger partial charge >= 0.3 is 5.97 Å². The first-order valence-electron chi connectivity index (χ1n) is 6.54. The zero-order valence-corrected chi connectivity index (χ0v) is 14.1. The quantitative estimate of drug-likeness (QED) is 0.744. The molecule has 0 aliphatic heterocycles. The molecule has 0 aliphatic rings. The summed E-state index contributed by atoms with van der Waals surface area (Å²) in [5.41, 5.74) is 0.781. The Bertz CT molecular complexity index is 764. The Morgan fingerprint density at radius 3 is 2.82 bits per heavy atom. The van der Waals surface area contributed by atoms with Crippen LogP contribution in [0.25, 0.3) is 0 Å². The Labute approximate surface area is 133 Å². The number of ether oxygens (including phenoxy) is 1. The molecule has 7 nitrogen and oxygen atoms in total. The summed E-state index contributed by atoms with van der Waals surface area (Å²) < 4.78 is 32.9. The van der Waals surface area contributed by atoms with Gasteiger partial charge in [0.1, 0.15) is 9.77 Å². The number of carbonyl (C=O) groups is 1. The van der Waals surface area contributed by atoms with Crippen LogP contribution in [0.5, 0.6) is 0 Å². The van der Waals surface area contributed by atoms with Crippen LogP contribution in [0, 0.1) is 0 Å². The van der Waals surface area contributed by atoms with Gasteiger partial charge in [-0.3, -0.25) is 4.68 Å². The fourth-order valence-corrected chi connectivity index (χ4v) is 4.45. The van der Waals surface area contributed by atoms with Gasteiger partial charge in [0.25, 0.3) is 0 Å². The molecule has 0 atom stereocenters. The number of rotatable bonds is 6. The van der Waals surface area contributed by atoms with E-state index in [0.29, 0.717) is 6.54 Å². The van der Waals surface area contributed by atoms with E-state index in [2.05, 4.69) is 9.84 Å². The highest BCUT2D eigenvalue weighted by Gasteiger charge is 2.28. The monoisotopic (exact) mass is 343 g/mol. The van der Waals surface area contributed by atoms with E-state index in [0.717, 1.165) is 17.0 Å². The second-order valence-corrected chi connectivity index (χ2v) is 7.43. The molecule has 0 bridgehead atoms. The minimum Gasteiger partial charge on any atom is -0.465 e. The minimum absolute atomic E-state index is 0.0330. The lowest BCUT2D eigenvalue weighted by Gasteiger charge is -2.17. The van der Waals surface area contributed by atoms with Gasteiger partial charge in [0.05, 0.1) is 19.3 Å². The molecule has 0 spiro atoms. The van der Waals surface area contributed by atoms with Crippen molar-refractivity contribution in [1.82, 2.24) is 14.1 Å². The number of sulfonamides is 1. The Balaban J connectivity index is 2.31. The predicted molar refractivity (Wildman–Crippen MR) is 82.2 cm³/mol. The molecular weight excluding hydrogens is 326 g/mol. The summed E-state index contributed by atoms with van der Waals surface area (Å²) in [7, 11) is -1.08. The first-order chi connectivity index (χ1) is 10.4. The molecule has 9 heteroatoms. The molecule has 2 rings (SSSR count). The normalized spacial score (nSPS) is 11.8. The molecule has 0 unspecified atom stereocenters. The van der Waals surface area contributed by atoms with Gasteiger partial charge in [-0.15, -0.1) is 11.3 Å². The summed E-state index contributed by atoms with van der Waals surface area (Å²) in [4.78, 5) is 11.7. The molecule has 0 saturated carbocycles. The summed E-state index contributed by atoms with van der Waals surface area (Å²) in [6.45, 7) is 2.76. The standard InChI is InChI=1S/C13H17N3O4S2/c1-4-16-10(5-7-14-16)9-15(2)22(18,19)11-6-8-21-12(11)13(17)20-3/h5-8H,4,9H2,1-3H3. The molecule has 0 N–H and O–H groups in total. The Morgan fingerprint density at radius 1 is 1.45 bits per heavy atom. The SMILES string of the molecule is CCn1nccc1CN(C)S(=O)(=O)c1ccsc1C(=O)OC. The van der Waals surface area contributed by atoms with E-state index in [9.17, 15) is 13.2 Å². The van der Waals surface area contributed by atoms with E-state index < -0.39 is 16.0 Å². The maximum Gasteiger partial charge on any atom is 0.349 e. The van der Waals surface area contributed by atoms with Crippen LogP contribution < -0.4 is 0 Å². The molecule has 0 fully saturated rings. The van der Waals surface area contributed by atoms with Crippen LogP contribution in [0.2, 0.25) is 0 Å². The molecule has 2 aromatic heterocycles. The Hall–Kier alpha value is -1.71. The molecule has 120 valence electrons. The molecule has 2 heterocycles. The lowest BCUT2D eigenvalue weighted by atomic mass is 10.4. The Kier molecular flexibility index (Phi) is 4.99. The minimum atomic E-state index is -3.78. The van der Waals surface area contributed by atoms with Crippen molar-refractivity contribution >= 4 is 27.3 Å². The highest BCUT2D eigenvalue weighted by Crippen LogP contribution is 2.26. The Morgan fingerprint density at radius 2 is 2.18 bits per heavy atom. The summed E-state index contributed by atoms with van der Waals surface area (Å²) in [6, 6.07) is 3.18. The number of aromatic nitrogens is 2. The maximum absolute atomic E-state index is 12.7. The van der Waals surface area contributed by atoms with Crippen molar-refractivity contribution in [2.75, 3.05) is 14.2 Å². The zero-order valence-electron chi connectivity index (χ0n) is 12.5. The molecule has 0 radical (unpaired) electrons. The fraction of sp³-hybridized carbons (Fsp3) is 0.385. The number of carbonyl (C=O) groups excluding carboxylic acids is 1. The summed E-state index contributed by atoms with van der Waals surface area (Å²) in [5, 5.41) is 5.67. The lowest BCUT2D eigenvalue weighted by molar-refractivity contribution is 0.0602. The fourth-order valence-electron chi connectivity index (χ4n) is 2.00. The first-order valence-corrected chi connectivity index (χ1v) is 8.86. The third-order valence-corrected chi connectivity index (χ3v) is 6.05. The molecular formula is C13H17N3O4S2. The molecule has 22 heavy (non-hydrogen) atoms. The lowest BCUT2D eigenvalue weighted by Crippen LogP contribution is -2.28. The third-order valence-electron chi connectivity index (χ3n) is 3.18. The molecule has 0 amide bonds. The topological polar surface area (TPSA) is 81.5 Å². The van der Waals surface area contributed by atoms with E-state index in [4.69, 9.17) is 0 Å². The van der Waals surface area contributed by atoms with Crippen molar-refractivity contribution in [2.24, 2.45) is 0 Å². The smallest absolute Gasteiger partial charge is 0.349 e. The van der Waals surface area contributed by atoms with E-state index >= 15 is 0 Å². The average Bonchev–Trinajstić information content (AvgIpc) is 3.15. The third kappa shape index (κ3) is 3.06. The second-order valence-electron chi connectivity index (χ2n) is 4.50. The number of aryl methyl sites for hydroxylation is 1. The van der Waals surface area contributed by atoms with E-state index in [1.54, 1.807) is 22.3 Å². The van der Waals surface area contributed by atoms with Crippen molar-refractivity contribution in [3.05, 3.63) is 34.3 Å². The van der Waals surface area contributed by atoms with Crippen LogP contribution in [0.3, 0.4) is 0 Å². The zero-order chi connectivity index (χ0) is 16.3. The van der Waals surface area contributed by atoms with Crippen molar-refractivity contribution in [3.63, 3.8) is 0 Å². The van der Waals surface area contributed by atoms with Crippen LogP contribution in [-0.4, -0.2) is 42.6 Å². The van der Waals surface area contributed by atoms with E-state index in [1.807, 2.05) is 6.92 Å². The molecule has 0 aromatic carbocycles. The number of methoxy groups -OCH3 is 1.